The van der Waals surface area contributed by atoms with Crippen LogP contribution in [0.1, 0.15) is 119 Å². The highest BCUT2D eigenvalue weighted by Crippen LogP contribution is 2.66. The molecule has 2 aromatic heterocycles. The summed E-state index contributed by atoms with van der Waals surface area (Å²) < 4.78 is 13.4. The lowest BCUT2D eigenvalue weighted by Crippen LogP contribution is -2.65. The molecule has 3 saturated carbocycles. The van der Waals surface area contributed by atoms with E-state index in [1.54, 1.807) is 0 Å². The molecular formula is C50H66B2N6O8. The van der Waals surface area contributed by atoms with Gasteiger partial charge >= 0.3 is 14.2 Å². The molecule has 4 fully saturated rings. The van der Waals surface area contributed by atoms with Gasteiger partial charge in [-0.2, -0.15) is 0 Å². The van der Waals surface area contributed by atoms with E-state index in [1.807, 2.05) is 74.5 Å². The van der Waals surface area contributed by atoms with E-state index in [4.69, 9.17) is 9.31 Å². The second kappa shape index (κ2) is 22.6. The Balaban J connectivity index is 0.000000230. The number of nitrogens with one attached hydrogen (secondary N) is 2. The number of carbonyl (C=O) groups excluding carboxylic acids is 4. The van der Waals surface area contributed by atoms with E-state index >= 15 is 0 Å². The summed E-state index contributed by atoms with van der Waals surface area (Å²) in [7, 11) is -2.00. The Bertz CT molecular complexity index is 2210. The smallest absolute Gasteiger partial charge is 0.427 e. The van der Waals surface area contributed by atoms with Crippen LogP contribution in [0.3, 0.4) is 0 Å². The zero-order valence-electron chi connectivity index (χ0n) is 39.4. The lowest BCUT2D eigenvalue weighted by Gasteiger charge is -2.64. The highest BCUT2D eigenvalue weighted by atomic mass is 16.7. The van der Waals surface area contributed by atoms with Gasteiger partial charge in [-0.3, -0.25) is 29.1 Å². The Morgan fingerprint density at radius 2 is 1.23 bits per heavy atom. The van der Waals surface area contributed by atoms with E-state index in [0.29, 0.717) is 37.0 Å². The van der Waals surface area contributed by atoms with Crippen molar-refractivity contribution in [1.29, 1.82) is 0 Å². The lowest BCUT2D eigenvalue weighted by molar-refractivity contribution is -0.199. The van der Waals surface area contributed by atoms with Gasteiger partial charge < -0.3 is 30.0 Å². The van der Waals surface area contributed by atoms with Crippen LogP contribution in [-0.4, -0.2) is 91.4 Å². The van der Waals surface area contributed by atoms with Crippen molar-refractivity contribution < 1.29 is 38.5 Å². The second-order valence-corrected chi connectivity index (χ2v) is 20.0. The maximum atomic E-state index is 13.9. The third kappa shape index (κ3) is 12.8. The molecule has 3 heterocycles. The first-order chi connectivity index (χ1) is 31.4. The van der Waals surface area contributed by atoms with E-state index in [-0.39, 0.29) is 64.7 Å². The van der Waals surface area contributed by atoms with Crippen LogP contribution in [0, 0.1) is 29.1 Å². The summed E-state index contributed by atoms with van der Waals surface area (Å²) in [5.41, 5.74) is 2.14. The number of hydrogen-bond acceptors (Lipinski definition) is 12. The van der Waals surface area contributed by atoms with Crippen molar-refractivity contribution >= 4 is 37.6 Å². The van der Waals surface area contributed by atoms with Gasteiger partial charge in [-0.1, -0.05) is 102 Å². The van der Waals surface area contributed by atoms with Crippen LogP contribution < -0.4 is 10.6 Å². The zero-order valence-corrected chi connectivity index (χ0v) is 39.4. The number of benzene rings is 2. The molecule has 2 aromatic carbocycles. The fourth-order valence-corrected chi connectivity index (χ4v) is 10.2. The van der Waals surface area contributed by atoms with E-state index < -0.39 is 44.0 Å². The Morgan fingerprint density at radius 1 is 0.727 bits per heavy atom. The Hall–Kier alpha value is -5.15. The molecule has 5 unspecified atom stereocenters. The molecule has 2 amide bonds. The molecule has 0 radical (unpaired) electrons. The first-order valence-electron chi connectivity index (χ1n) is 23.4. The predicted molar refractivity (Wildman–Crippen MR) is 253 cm³/mol. The number of nitrogens with zero attached hydrogens (tertiary/aromatic N) is 4. The van der Waals surface area contributed by atoms with Crippen LogP contribution in [0.25, 0.3) is 0 Å². The summed E-state index contributed by atoms with van der Waals surface area (Å²) >= 11 is 0. The highest BCUT2D eigenvalue weighted by molar-refractivity contribution is 6.48. The number of rotatable bonds is 20. The van der Waals surface area contributed by atoms with Gasteiger partial charge in [0.05, 0.1) is 36.2 Å². The fourth-order valence-electron chi connectivity index (χ4n) is 10.2. The average molecular weight is 901 g/mol. The molecule has 4 aliphatic rings. The Labute approximate surface area is 390 Å². The quantitative estimate of drug-likeness (QED) is 0.0695. The molecule has 16 heteroatoms. The number of ketones is 2. The monoisotopic (exact) mass is 901 g/mol. The number of amides is 2. The number of carbonyl (C=O) groups is 4. The zero-order chi connectivity index (χ0) is 47.6. The highest BCUT2D eigenvalue weighted by Gasteiger charge is 2.68. The van der Waals surface area contributed by atoms with Crippen molar-refractivity contribution in [2.24, 2.45) is 29.1 Å². The molecule has 350 valence electrons. The summed E-state index contributed by atoms with van der Waals surface area (Å²) in [4.78, 5) is 68.2. The van der Waals surface area contributed by atoms with Crippen molar-refractivity contribution in [3.63, 3.8) is 0 Å². The third-order valence-electron chi connectivity index (χ3n) is 13.8. The molecule has 8 atom stereocenters. The van der Waals surface area contributed by atoms with E-state index in [9.17, 15) is 29.2 Å². The minimum atomic E-state index is -1.58. The van der Waals surface area contributed by atoms with Crippen LogP contribution in [-0.2, 0) is 31.7 Å². The van der Waals surface area contributed by atoms with E-state index in [0.717, 1.165) is 24.0 Å². The first kappa shape index (κ1) is 50.3. The topological polar surface area (TPSA) is 203 Å². The van der Waals surface area contributed by atoms with Crippen molar-refractivity contribution in [2.75, 3.05) is 0 Å². The molecule has 3 aliphatic carbocycles. The van der Waals surface area contributed by atoms with Crippen LogP contribution in [0.15, 0.2) is 97.8 Å². The van der Waals surface area contributed by atoms with Gasteiger partial charge in [-0.25, -0.2) is 9.97 Å². The van der Waals surface area contributed by atoms with Gasteiger partial charge in [-0.05, 0) is 85.7 Å². The molecular weight excluding hydrogens is 834 g/mol. The molecule has 66 heavy (non-hydrogen) atoms. The van der Waals surface area contributed by atoms with Gasteiger partial charge in [0.2, 0.25) is 0 Å². The molecule has 0 spiro atoms. The summed E-state index contributed by atoms with van der Waals surface area (Å²) in [5.74, 6) is -0.108. The summed E-state index contributed by atoms with van der Waals surface area (Å²) in [6.07, 6.45) is 13.2. The molecule has 4 aromatic rings. The van der Waals surface area contributed by atoms with Crippen molar-refractivity contribution in [3.05, 3.63) is 120 Å². The first-order valence-corrected chi connectivity index (χ1v) is 23.4. The second-order valence-electron chi connectivity index (χ2n) is 20.0. The van der Waals surface area contributed by atoms with E-state index in [1.165, 1.54) is 43.6 Å². The average Bonchev–Trinajstić information content (AvgIpc) is 3.66. The maximum absolute atomic E-state index is 13.9. The minimum Gasteiger partial charge on any atom is -0.427 e. The molecule has 4 N–H and O–H groups in total. The minimum absolute atomic E-state index is 0.0198. The summed E-state index contributed by atoms with van der Waals surface area (Å²) in [6, 6.07) is 17.6. The predicted octanol–water partition coefficient (Wildman–Crippen LogP) is 6.59. The largest absolute Gasteiger partial charge is 0.461 e. The standard InChI is InChI=1S/C30H40BN3O4.C20H26BN3O4/c1-19(2)13-22(31-37-27-16-21-15-26(29(21,3)4)30(27,5)38-31)17-25(35)23(14-20-9-7-6-8-10-20)34-28(36)24-18-32-11-12-33-24;1-14(2)10-16(21(27)28)12-19(25)17(11-15-6-4-3-5-7-15)24-20(26)18-13-22-8-9-23-18/h6-12,18-19,21-23,26-27H,13-17H2,1-5H3,(H,34,36);3-9,13-14,16-17,27-28H,10-12H2,1-2H3,(H,24,26)/t21?,22?,23-,26?,27?,30+;16?,17-/m00/s1. The van der Waals surface area contributed by atoms with Crippen molar-refractivity contribution in [1.82, 2.24) is 30.6 Å². The van der Waals surface area contributed by atoms with Gasteiger partial charge in [0.15, 0.2) is 11.6 Å². The van der Waals surface area contributed by atoms with Crippen LogP contribution >= 0.6 is 0 Å². The number of Topliss-reactive ketones (excluding diaryl/α,β-unsaturated/α-hetero) is 2. The maximum Gasteiger partial charge on any atom is 0.461 e. The lowest BCUT2D eigenvalue weighted by atomic mass is 9.43. The van der Waals surface area contributed by atoms with Gasteiger partial charge in [0, 0.05) is 49.3 Å². The van der Waals surface area contributed by atoms with Gasteiger partial charge in [0.1, 0.15) is 11.4 Å². The SMILES string of the molecule is CC(C)CC(CC(=O)[C@H](Cc1ccccc1)NC(=O)c1cnccn1)B(O)O.CC(C)CC(CC(=O)[C@H](Cc1ccccc1)NC(=O)c1cnccn1)B1OC2CC3CC(C3(C)C)[C@@]2(C)O1. The molecule has 1 aliphatic heterocycles. The molecule has 14 nitrogen and oxygen atoms in total. The molecule has 1 saturated heterocycles. The number of aromatic nitrogens is 4. The van der Waals surface area contributed by atoms with Crippen LogP contribution in [0.4, 0.5) is 0 Å². The van der Waals surface area contributed by atoms with Crippen LogP contribution in [0.2, 0.25) is 11.6 Å². The van der Waals surface area contributed by atoms with Crippen molar-refractivity contribution in [2.45, 2.75) is 135 Å². The number of hydrogen-bond donors (Lipinski definition) is 4. The summed E-state index contributed by atoms with van der Waals surface area (Å²) in [5, 5.41) is 24.9. The summed E-state index contributed by atoms with van der Waals surface area (Å²) in [6.45, 7) is 15.2. The molecule has 8 rings (SSSR count). The Morgan fingerprint density at radius 3 is 1.67 bits per heavy atom. The van der Waals surface area contributed by atoms with Crippen LogP contribution in [0.5, 0.6) is 0 Å². The third-order valence-corrected chi connectivity index (χ3v) is 13.8. The fraction of sp³-hybridized carbons (Fsp3) is 0.520. The Kier molecular flexibility index (Phi) is 17.2. The van der Waals surface area contributed by atoms with Crippen molar-refractivity contribution in [3.8, 4) is 0 Å². The molecule has 2 bridgehead atoms. The van der Waals surface area contributed by atoms with Gasteiger partial charge in [0.25, 0.3) is 11.8 Å². The van der Waals surface area contributed by atoms with Gasteiger partial charge in [-0.15, -0.1) is 0 Å². The normalized spacial score (nSPS) is 22.1. The van der Waals surface area contributed by atoms with E-state index in [2.05, 4.69) is 65.2 Å².